The van der Waals surface area contributed by atoms with Crippen LogP contribution in [0.5, 0.6) is 17.2 Å². The van der Waals surface area contributed by atoms with Crippen LogP contribution in [-0.4, -0.2) is 54.9 Å². The first-order valence-electron chi connectivity index (χ1n) is 13.5. The summed E-state index contributed by atoms with van der Waals surface area (Å²) in [5.41, 5.74) is 0.448. The van der Waals surface area contributed by atoms with Gasteiger partial charge in [0.15, 0.2) is 5.78 Å². The largest absolute Gasteiger partial charge is 0.507 e. The van der Waals surface area contributed by atoms with E-state index in [-0.39, 0.29) is 17.1 Å². The van der Waals surface area contributed by atoms with E-state index in [1.807, 2.05) is 24.3 Å². The molecule has 10 heteroatoms. The van der Waals surface area contributed by atoms with Gasteiger partial charge >= 0.3 is 12.1 Å². The molecule has 3 rings (SSSR count). The number of ether oxygens (including phenoxy) is 4. The second-order valence-electron chi connectivity index (χ2n) is 10.9. The van der Waals surface area contributed by atoms with Crippen molar-refractivity contribution in [1.82, 2.24) is 5.32 Å². The number of allylic oxidation sites excluding steroid dienone is 1. The summed E-state index contributed by atoms with van der Waals surface area (Å²) in [6.45, 7) is 6.70. The molecule has 1 unspecified atom stereocenters. The molecule has 0 saturated heterocycles. The summed E-state index contributed by atoms with van der Waals surface area (Å²) in [4.78, 5) is 38.5. The lowest BCUT2D eigenvalue weighted by molar-refractivity contribution is -0.153. The van der Waals surface area contributed by atoms with Gasteiger partial charge in [-0.05, 0) is 70.7 Å². The number of hydrogen-bond acceptors (Lipinski definition) is 8. The molecule has 2 N–H and O–H groups in total. The van der Waals surface area contributed by atoms with Crippen molar-refractivity contribution in [3.8, 4) is 17.2 Å². The van der Waals surface area contributed by atoms with Crippen molar-refractivity contribution in [2.75, 3.05) is 14.2 Å². The fourth-order valence-corrected chi connectivity index (χ4v) is 5.21. The maximum atomic E-state index is 13.4. The van der Waals surface area contributed by atoms with Gasteiger partial charge in [0.2, 0.25) is 0 Å². The first-order chi connectivity index (χ1) is 19.3. The SMILES string of the molecule is COc1cc(OC)c(C2CCCC[C@H]2OC(=O)[C@H](C)NC(=O)OC(C)(C)C)c(O)c1C(=O)C=Cc1cccc(Br)c1. The number of ketones is 1. The molecule has 0 aromatic heterocycles. The number of phenols is 1. The standard InChI is InChI=1S/C31H38BrNO8/c1-18(33-30(37)41-31(2,3)4)29(36)40-23-13-8-7-12-21(23)26-24(38-5)17-25(39-6)27(28(26)35)22(34)15-14-19-10-9-11-20(32)16-19/h9-11,14-18,21,23,35H,7-8,12-13H2,1-6H3,(H,33,37)/t18-,21?,23+/m0/s1. The normalized spacial score (nSPS) is 17.9. The molecular formula is C31H38BrNO8. The summed E-state index contributed by atoms with van der Waals surface area (Å²) in [6, 6.07) is 8.05. The summed E-state index contributed by atoms with van der Waals surface area (Å²) in [5, 5.41) is 14.0. The zero-order chi connectivity index (χ0) is 30.3. The number of carbonyl (C=O) groups excluding carboxylic acids is 3. The number of rotatable bonds is 9. The predicted molar refractivity (Wildman–Crippen MR) is 159 cm³/mol. The Kier molecular flexibility index (Phi) is 10.8. The monoisotopic (exact) mass is 631 g/mol. The van der Waals surface area contributed by atoms with Crippen LogP contribution in [0.2, 0.25) is 0 Å². The predicted octanol–water partition coefficient (Wildman–Crippen LogP) is 6.55. The number of carbonyl (C=O) groups is 3. The lowest BCUT2D eigenvalue weighted by Crippen LogP contribution is -2.44. The maximum Gasteiger partial charge on any atom is 0.408 e. The fraction of sp³-hybridized carbons (Fsp3) is 0.452. The summed E-state index contributed by atoms with van der Waals surface area (Å²) >= 11 is 3.42. The average molecular weight is 633 g/mol. The molecule has 2 aromatic rings. The third kappa shape index (κ3) is 8.48. The zero-order valence-corrected chi connectivity index (χ0v) is 25.9. The minimum absolute atomic E-state index is 0.00911. The smallest absolute Gasteiger partial charge is 0.408 e. The van der Waals surface area contributed by atoms with Gasteiger partial charge in [0.05, 0.1) is 14.2 Å². The molecule has 0 heterocycles. The van der Waals surface area contributed by atoms with Gasteiger partial charge in [-0.25, -0.2) is 9.59 Å². The van der Waals surface area contributed by atoms with E-state index in [4.69, 9.17) is 18.9 Å². The quantitative estimate of drug-likeness (QED) is 0.182. The van der Waals surface area contributed by atoms with Crippen LogP contribution in [0.1, 0.15) is 80.8 Å². The number of amides is 1. The number of methoxy groups -OCH3 is 2. The van der Waals surface area contributed by atoms with E-state index in [0.717, 1.165) is 22.9 Å². The Balaban J connectivity index is 1.92. The highest BCUT2D eigenvalue weighted by Crippen LogP contribution is 2.48. The molecule has 0 aliphatic heterocycles. The van der Waals surface area contributed by atoms with Gasteiger partial charge in [-0.2, -0.15) is 0 Å². The van der Waals surface area contributed by atoms with Gasteiger partial charge in [0, 0.05) is 22.0 Å². The Morgan fingerprint density at radius 1 is 1.07 bits per heavy atom. The molecule has 1 amide bonds. The summed E-state index contributed by atoms with van der Waals surface area (Å²) < 4.78 is 23.0. The van der Waals surface area contributed by atoms with Crippen molar-refractivity contribution in [1.29, 1.82) is 0 Å². The van der Waals surface area contributed by atoms with E-state index in [1.165, 1.54) is 27.2 Å². The number of esters is 1. The number of nitrogens with one attached hydrogen (secondary N) is 1. The Labute approximate surface area is 249 Å². The number of hydrogen-bond donors (Lipinski definition) is 2. The molecule has 1 saturated carbocycles. The number of alkyl carbamates (subject to hydrolysis) is 1. The van der Waals surface area contributed by atoms with Gasteiger partial charge in [0.1, 0.15) is 40.6 Å². The topological polar surface area (TPSA) is 120 Å². The molecule has 1 aliphatic carbocycles. The van der Waals surface area contributed by atoms with Crippen LogP contribution >= 0.6 is 15.9 Å². The van der Waals surface area contributed by atoms with Crippen LogP contribution in [0.15, 0.2) is 40.9 Å². The second-order valence-corrected chi connectivity index (χ2v) is 11.8. The molecule has 1 fully saturated rings. The van der Waals surface area contributed by atoms with Crippen molar-refractivity contribution < 1.29 is 38.4 Å². The van der Waals surface area contributed by atoms with E-state index in [2.05, 4.69) is 21.2 Å². The number of phenolic OH excluding ortho intramolecular Hbond substituents is 1. The van der Waals surface area contributed by atoms with Gasteiger partial charge in [-0.15, -0.1) is 0 Å². The molecule has 2 aromatic carbocycles. The first-order valence-corrected chi connectivity index (χ1v) is 14.3. The minimum atomic E-state index is -0.959. The Bertz CT molecular complexity index is 1300. The summed E-state index contributed by atoms with van der Waals surface area (Å²) in [6.07, 6.45) is 4.44. The first kappa shape index (κ1) is 32.0. The zero-order valence-electron chi connectivity index (χ0n) is 24.3. The Hall–Kier alpha value is -3.53. The molecule has 0 spiro atoms. The van der Waals surface area contributed by atoms with Crippen molar-refractivity contribution >= 4 is 39.9 Å². The van der Waals surface area contributed by atoms with Crippen LogP contribution in [0, 0.1) is 0 Å². The highest BCUT2D eigenvalue weighted by atomic mass is 79.9. The molecular weight excluding hydrogens is 594 g/mol. The Morgan fingerprint density at radius 2 is 1.76 bits per heavy atom. The fourth-order valence-electron chi connectivity index (χ4n) is 4.79. The molecule has 9 nitrogen and oxygen atoms in total. The Morgan fingerprint density at radius 3 is 2.39 bits per heavy atom. The van der Waals surface area contributed by atoms with E-state index in [9.17, 15) is 19.5 Å². The van der Waals surface area contributed by atoms with Crippen molar-refractivity contribution in [2.24, 2.45) is 0 Å². The van der Waals surface area contributed by atoms with E-state index in [0.29, 0.717) is 24.2 Å². The van der Waals surface area contributed by atoms with Gasteiger partial charge in [-0.3, -0.25) is 4.79 Å². The van der Waals surface area contributed by atoms with Crippen LogP contribution in [0.3, 0.4) is 0 Å². The average Bonchev–Trinajstić information content (AvgIpc) is 2.90. The van der Waals surface area contributed by atoms with Crippen LogP contribution in [0.25, 0.3) is 6.08 Å². The third-order valence-electron chi connectivity index (χ3n) is 6.66. The van der Waals surface area contributed by atoms with Crippen LogP contribution in [-0.2, 0) is 14.3 Å². The van der Waals surface area contributed by atoms with Crippen molar-refractivity contribution in [3.63, 3.8) is 0 Å². The molecule has 41 heavy (non-hydrogen) atoms. The number of aromatic hydroxyl groups is 1. The molecule has 1 aliphatic rings. The van der Waals surface area contributed by atoms with Crippen LogP contribution < -0.4 is 14.8 Å². The molecule has 222 valence electrons. The van der Waals surface area contributed by atoms with Crippen molar-refractivity contribution in [3.05, 3.63) is 57.6 Å². The van der Waals surface area contributed by atoms with Gasteiger partial charge in [-0.1, -0.05) is 40.6 Å². The molecule has 0 bridgehead atoms. The summed E-state index contributed by atoms with van der Waals surface area (Å²) in [5.74, 6) is -1.34. The number of halogens is 1. The van der Waals surface area contributed by atoms with E-state index >= 15 is 0 Å². The van der Waals surface area contributed by atoms with Crippen LogP contribution in [0.4, 0.5) is 4.79 Å². The maximum absolute atomic E-state index is 13.4. The second kappa shape index (κ2) is 13.9. The van der Waals surface area contributed by atoms with Gasteiger partial charge < -0.3 is 29.4 Å². The highest BCUT2D eigenvalue weighted by molar-refractivity contribution is 9.10. The van der Waals surface area contributed by atoms with E-state index < -0.39 is 41.5 Å². The number of benzene rings is 2. The molecule has 3 atom stereocenters. The van der Waals surface area contributed by atoms with E-state index in [1.54, 1.807) is 32.9 Å². The molecule has 0 radical (unpaired) electrons. The van der Waals surface area contributed by atoms with Gasteiger partial charge in [0.25, 0.3) is 0 Å². The highest BCUT2D eigenvalue weighted by Gasteiger charge is 2.37. The third-order valence-corrected chi connectivity index (χ3v) is 7.15. The summed E-state index contributed by atoms with van der Waals surface area (Å²) in [7, 11) is 2.87. The lowest BCUT2D eigenvalue weighted by atomic mass is 9.79. The van der Waals surface area contributed by atoms with Crippen molar-refractivity contribution in [2.45, 2.75) is 77.0 Å². The minimum Gasteiger partial charge on any atom is -0.507 e. The lowest BCUT2D eigenvalue weighted by Gasteiger charge is -2.34.